The number of hydrogen-bond donors (Lipinski definition) is 6. The average molecular weight is 602 g/mol. The molecule has 1 amide bonds. The van der Waals surface area contributed by atoms with Crippen LogP contribution < -0.4 is 0 Å². The van der Waals surface area contributed by atoms with Crippen molar-refractivity contribution in [3.05, 3.63) is 6.61 Å². The maximum absolute atomic E-state index is 12.3. The van der Waals surface area contributed by atoms with Gasteiger partial charge in [-0.05, 0) is 6.10 Å². The van der Waals surface area contributed by atoms with E-state index in [4.69, 9.17) is 9.47 Å². The predicted molar refractivity (Wildman–Crippen MR) is 77.4 cm³/mol. The largest absolute Gasteiger partial charge is 0.543 e. The van der Waals surface area contributed by atoms with Crippen LogP contribution in [0.1, 0.15) is 6.42 Å². The van der Waals surface area contributed by atoms with Gasteiger partial charge in [-0.1, -0.05) is 0 Å². The summed E-state index contributed by atoms with van der Waals surface area (Å²) >= 11 is 0. The quantitative estimate of drug-likeness (QED) is 0.0987. The number of aliphatic hydroxyl groups is 6. The molecule has 0 radical (unpaired) electrons. The van der Waals surface area contributed by atoms with Crippen LogP contribution >= 0.6 is 0 Å². The second-order valence-electron chi connectivity index (χ2n) is 5.93. The van der Waals surface area contributed by atoms with Gasteiger partial charge in [0.05, 0.1) is 37.5 Å². The second kappa shape index (κ2) is 10.3. The van der Waals surface area contributed by atoms with Crippen molar-refractivity contribution in [2.75, 3.05) is 19.8 Å². The fraction of sp³-hybridized carbons (Fsp3) is 0.786. The van der Waals surface area contributed by atoms with Gasteiger partial charge in [0, 0.05) is 31.1 Å². The Kier molecular flexibility index (Phi) is 9.42. The molecule has 12 heteroatoms. The molecule has 2 heterocycles. The van der Waals surface area contributed by atoms with Gasteiger partial charge in [0.1, 0.15) is 25.2 Å². The van der Waals surface area contributed by atoms with Crippen LogP contribution in [0.5, 0.6) is 0 Å². The van der Waals surface area contributed by atoms with Gasteiger partial charge < -0.3 is 45.0 Å². The standard InChI is InChI=1S/C14H22NO10.U/c16-2-6-12(21)13(22)7(3-17)15(6)10(19)1-11(20)25-5-9-14(23)8(18)4-24-9;/h4,6-9,12-14,16-18,21-23H,1-3,5H2;/q-1;/t6?,7?,8?,9-,12+,13?,14?;/m1./s1. The molecule has 0 aromatic carbocycles. The Morgan fingerprint density at radius 3 is 1.96 bits per heavy atom. The third-order valence-electron chi connectivity index (χ3n) is 4.34. The number of rotatable bonds is 6. The summed E-state index contributed by atoms with van der Waals surface area (Å²) in [7, 11) is 0. The Balaban J connectivity index is 0.00000338. The molecule has 2 aliphatic rings. The summed E-state index contributed by atoms with van der Waals surface area (Å²) in [6.07, 6.45) is -7.10. The van der Waals surface area contributed by atoms with Crippen LogP contribution in [0.4, 0.5) is 0 Å². The molecule has 2 fully saturated rings. The van der Waals surface area contributed by atoms with Crippen LogP contribution in [0.25, 0.3) is 0 Å². The minimum absolute atomic E-state index is 0. The molecule has 2 aliphatic heterocycles. The van der Waals surface area contributed by atoms with Gasteiger partial charge in [-0.15, -0.1) is 0 Å². The first kappa shape index (κ1) is 23.8. The molecule has 7 atom stereocenters. The fourth-order valence-corrected chi connectivity index (χ4v) is 2.93. The number of ether oxygens (including phenoxy) is 2. The van der Waals surface area contributed by atoms with E-state index < -0.39 is 74.1 Å². The van der Waals surface area contributed by atoms with Crippen molar-refractivity contribution >= 4 is 11.9 Å². The SMILES string of the molecule is O=C(CC(=O)N1C(CO)C(O)[C@@H](O)C1CO)OC[C@H]1O[CH-]C(O)C1O.[U]. The first-order chi connectivity index (χ1) is 11.8. The van der Waals surface area contributed by atoms with Crippen molar-refractivity contribution in [3.8, 4) is 0 Å². The third kappa shape index (κ3) is 4.95. The molecule has 0 spiro atoms. The Morgan fingerprint density at radius 2 is 1.54 bits per heavy atom. The Hall–Kier alpha value is -0.288. The van der Waals surface area contributed by atoms with E-state index in [2.05, 4.69) is 0 Å². The maximum atomic E-state index is 12.3. The average Bonchev–Trinajstić information content (AvgIpc) is 3.03. The van der Waals surface area contributed by atoms with Gasteiger partial charge in [0.15, 0.2) is 0 Å². The van der Waals surface area contributed by atoms with E-state index in [1.165, 1.54) is 0 Å². The van der Waals surface area contributed by atoms with Gasteiger partial charge >= 0.3 is 5.97 Å². The summed E-state index contributed by atoms with van der Waals surface area (Å²) in [5.74, 6) is -1.82. The van der Waals surface area contributed by atoms with Crippen molar-refractivity contribution in [1.29, 1.82) is 0 Å². The van der Waals surface area contributed by atoms with Crippen LogP contribution in [-0.4, -0.2) is 110 Å². The third-order valence-corrected chi connectivity index (χ3v) is 4.34. The molecule has 0 aromatic heterocycles. The number of likely N-dealkylation sites (tertiary alicyclic amines) is 1. The molecule has 5 unspecified atom stereocenters. The Bertz CT molecular complexity index is 478. The fourth-order valence-electron chi connectivity index (χ4n) is 2.93. The summed E-state index contributed by atoms with van der Waals surface area (Å²) in [6.45, 7) is -0.714. The van der Waals surface area contributed by atoms with Gasteiger partial charge in [0.2, 0.25) is 5.91 Å². The van der Waals surface area contributed by atoms with Crippen molar-refractivity contribution < 1.29 is 80.8 Å². The summed E-state index contributed by atoms with van der Waals surface area (Å²) in [6, 6.07) is -2.31. The minimum Gasteiger partial charge on any atom is -0.543 e. The topological polar surface area (TPSA) is 177 Å². The smallest absolute Gasteiger partial charge is 0.315 e. The van der Waals surface area contributed by atoms with E-state index in [9.17, 15) is 40.2 Å². The van der Waals surface area contributed by atoms with Crippen LogP contribution in [-0.2, 0) is 19.1 Å². The zero-order valence-corrected chi connectivity index (χ0v) is 17.9. The molecule has 0 bridgehead atoms. The number of amides is 1. The zero-order chi connectivity index (χ0) is 18.7. The maximum Gasteiger partial charge on any atom is 0.315 e. The number of aliphatic hydroxyl groups excluding tert-OH is 6. The van der Waals surface area contributed by atoms with Crippen molar-refractivity contribution in [1.82, 2.24) is 4.90 Å². The van der Waals surface area contributed by atoms with Gasteiger partial charge in [0.25, 0.3) is 0 Å². The van der Waals surface area contributed by atoms with Crippen molar-refractivity contribution in [2.24, 2.45) is 0 Å². The zero-order valence-electron chi connectivity index (χ0n) is 13.7. The molecule has 0 aliphatic carbocycles. The summed E-state index contributed by atoms with van der Waals surface area (Å²) in [5.41, 5.74) is 0. The van der Waals surface area contributed by atoms with Crippen LogP contribution in [0.15, 0.2) is 0 Å². The van der Waals surface area contributed by atoms with Gasteiger partial charge in [-0.3, -0.25) is 9.59 Å². The Labute approximate surface area is 172 Å². The van der Waals surface area contributed by atoms with Crippen molar-refractivity contribution in [2.45, 2.75) is 49.0 Å². The number of nitrogens with zero attached hydrogens (tertiary/aromatic N) is 1. The second-order valence-corrected chi connectivity index (χ2v) is 5.93. The monoisotopic (exact) mass is 602 g/mol. The normalized spacial score (nSPS) is 36.7. The van der Waals surface area contributed by atoms with Gasteiger partial charge in [-0.25, -0.2) is 0 Å². The van der Waals surface area contributed by atoms with E-state index in [0.717, 1.165) is 11.5 Å². The van der Waals surface area contributed by atoms with Gasteiger partial charge in [-0.2, -0.15) is 6.61 Å². The van der Waals surface area contributed by atoms with Crippen LogP contribution in [0, 0.1) is 37.7 Å². The minimum atomic E-state index is -1.46. The molecule has 26 heavy (non-hydrogen) atoms. The molecular weight excluding hydrogens is 580 g/mol. The summed E-state index contributed by atoms with van der Waals surface area (Å²) < 4.78 is 9.71. The van der Waals surface area contributed by atoms with Crippen LogP contribution in [0.3, 0.4) is 0 Å². The predicted octanol–water partition coefficient (Wildman–Crippen LogP) is -4.51. The molecule has 11 nitrogen and oxygen atoms in total. The van der Waals surface area contributed by atoms with Crippen LogP contribution in [0.2, 0.25) is 0 Å². The molecular formula is C14H22NO10U-. The first-order valence-electron chi connectivity index (χ1n) is 7.71. The molecule has 0 saturated carbocycles. The molecule has 6 N–H and O–H groups in total. The van der Waals surface area contributed by atoms with Crippen molar-refractivity contribution in [3.63, 3.8) is 0 Å². The Morgan fingerprint density at radius 1 is 1.00 bits per heavy atom. The molecule has 148 valence electrons. The van der Waals surface area contributed by atoms with E-state index in [0.29, 0.717) is 0 Å². The van der Waals surface area contributed by atoms with E-state index in [1.54, 1.807) is 0 Å². The number of hydrogen-bond acceptors (Lipinski definition) is 10. The molecule has 2 rings (SSSR count). The molecule has 2 saturated heterocycles. The summed E-state index contributed by atoms with van der Waals surface area (Å²) in [5, 5.41) is 57.0. The van der Waals surface area contributed by atoms with E-state index in [1.807, 2.05) is 0 Å². The van der Waals surface area contributed by atoms with E-state index >= 15 is 0 Å². The number of carbonyl (C=O) groups excluding carboxylic acids is 2. The first-order valence-corrected chi connectivity index (χ1v) is 7.71. The summed E-state index contributed by atoms with van der Waals surface area (Å²) in [4.78, 5) is 24.9. The van der Waals surface area contributed by atoms with E-state index in [-0.39, 0.29) is 37.7 Å². The number of carbonyl (C=O) groups is 2. The molecule has 0 aromatic rings. The number of esters is 1.